The van der Waals surface area contributed by atoms with Crippen LogP contribution in [0.2, 0.25) is 0 Å². The molecule has 2 rings (SSSR count). The summed E-state index contributed by atoms with van der Waals surface area (Å²) in [7, 11) is 3.32. The largest absolute Gasteiger partial charge is 0.496 e. The molecular weight excluding hydrogens is 469 g/mol. The number of aliphatic imine (C=N–C) groups is 1. The molecule has 0 saturated carbocycles. The molecular formula is C21H30IN3O3. The van der Waals surface area contributed by atoms with Gasteiger partial charge in [-0.2, -0.15) is 0 Å². The summed E-state index contributed by atoms with van der Waals surface area (Å²) in [5, 5.41) is 6.61. The summed E-state index contributed by atoms with van der Waals surface area (Å²) in [5.41, 5.74) is 2.13. The van der Waals surface area contributed by atoms with Crippen molar-refractivity contribution in [3.63, 3.8) is 0 Å². The van der Waals surface area contributed by atoms with Gasteiger partial charge in [0, 0.05) is 18.7 Å². The van der Waals surface area contributed by atoms with Gasteiger partial charge in [0.2, 0.25) is 0 Å². The number of guanidine groups is 1. The fourth-order valence-corrected chi connectivity index (χ4v) is 2.63. The Hall–Kier alpha value is -2.16. The summed E-state index contributed by atoms with van der Waals surface area (Å²) in [6, 6.07) is 13.8. The summed E-state index contributed by atoms with van der Waals surface area (Å²) in [6.45, 7) is 6.53. The van der Waals surface area contributed by atoms with Crippen molar-refractivity contribution < 1.29 is 14.2 Å². The first-order valence-electron chi connectivity index (χ1n) is 9.15. The summed E-state index contributed by atoms with van der Waals surface area (Å²) >= 11 is 0. The SMILES string of the molecule is CCNC(=NCc1ccc(OC)c(OCC)c1)NCc1ccccc1OC.I. The van der Waals surface area contributed by atoms with Gasteiger partial charge in [-0.05, 0) is 37.6 Å². The second kappa shape index (κ2) is 13.1. The Morgan fingerprint density at radius 2 is 1.68 bits per heavy atom. The molecule has 0 saturated heterocycles. The van der Waals surface area contributed by atoms with E-state index in [9.17, 15) is 0 Å². The molecule has 0 atom stereocenters. The predicted molar refractivity (Wildman–Crippen MR) is 124 cm³/mol. The minimum atomic E-state index is 0. The minimum Gasteiger partial charge on any atom is -0.496 e. The van der Waals surface area contributed by atoms with Crippen LogP contribution in [0, 0.1) is 0 Å². The molecule has 0 unspecified atom stereocenters. The summed E-state index contributed by atoms with van der Waals surface area (Å²) in [5.74, 6) is 3.07. The molecule has 0 fully saturated rings. The first-order valence-corrected chi connectivity index (χ1v) is 9.15. The van der Waals surface area contributed by atoms with Gasteiger partial charge in [0.05, 0.1) is 27.4 Å². The Balaban J connectivity index is 0.00000392. The number of benzene rings is 2. The molecule has 0 radical (unpaired) electrons. The molecule has 6 nitrogen and oxygen atoms in total. The molecule has 0 aromatic heterocycles. The van der Waals surface area contributed by atoms with Crippen LogP contribution >= 0.6 is 24.0 Å². The van der Waals surface area contributed by atoms with E-state index >= 15 is 0 Å². The monoisotopic (exact) mass is 499 g/mol. The van der Waals surface area contributed by atoms with Gasteiger partial charge in [-0.15, -0.1) is 24.0 Å². The molecule has 2 N–H and O–H groups in total. The van der Waals surface area contributed by atoms with E-state index in [0.29, 0.717) is 19.7 Å². The maximum atomic E-state index is 5.64. The van der Waals surface area contributed by atoms with Crippen molar-refractivity contribution >= 4 is 29.9 Å². The van der Waals surface area contributed by atoms with Gasteiger partial charge in [-0.1, -0.05) is 24.3 Å². The van der Waals surface area contributed by atoms with Crippen molar-refractivity contribution in [2.45, 2.75) is 26.9 Å². The van der Waals surface area contributed by atoms with Crippen molar-refractivity contribution in [2.24, 2.45) is 4.99 Å². The number of nitrogens with zero attached hydrogens (tertiary/aromatic N) is 1. The van der Waals surface area contributed by atoms with E-state index in [-0.39, 0.29) is 24.0 Å². The Kier molecular flexibility index (Phi) is 11.2. The highest BCUT2D eigenvalue weighted by Crippen LogP contribution is 2.28. The smallest absolute Gasteiger partial charge is 0.191 e. The van der Waals surface area contributed by atoms with Crippen LogP contribution in [0.3, 0.4) is 0 Å². The second-order valence-corrected chi connectivity index (χ2v) is 5.78. The number of hydrogen-bond donors (Lipinski definition) is 2. The van der Waals surface area contributed by atoms with Crippen LogP contribution < -0.4 is 24.8 Å². The number of halogens is 1. The third-order valence-electron chi connectivity index (χ3n) is 3.93. The fourth-order valence-electron chi connectivity index (χ4n) is 2.63. The van der Waals surface area contributed by atoms with Crippen LogP contribution in [0.5, 0.6) is 17.2 Å². The van der Waals surface area contributed by atoms with Crippen LogP contribution in [0.1, 0.15) is 25.0 Å². The number of rotatable bonds is 9. The number of para-hydroxylation sites is 1. The molecule has 0 amide bonds. The molecule has 154 valence electrons. The molecule has 0 aliphatic carbocycles. The second-order valence-electron chi connectivity index (χ2n) is 5.78. The van der Waals surface area contributed by atoms with E-state index in [1.165, 1.54) is 0 Å². The number of hydrogen-bond acceptors (Lipinski definition) is 4. The quantitative estimate of drug-likeness (QED) is 0.311. The molecule has 0 heterocycles. The van der Waals surface area contributed by atoms with Gasteiger partial charge in [0.1, 0.15) is 5.75 Å². The topological polar surface area (TPSA) is 64.1 Å². The van der Waals surface area contributed by atoms with E-state index in [0.717, 1.165) is 40.9 Å². The molecule has 7 heteroatoms. The van der Waals surface area contributed by atoms with Crippen LogP contribution in [0.4, 0.5) is 0 Å². The van der Waals surface area contributed by atoms with Crippen molar-refractivity contribution in [1.29, 1.82) is 0 Å². The molecule has 28 heavy (non-hydrogen) atoms. The standard InChI is InChI=1S/C21H29N3O3.HI/c1-5-22-21(24-15-17-9-7-8-10-18(17)25-3)23-14-16-11-12-19(26-4)20(13-16)27-6-2;/h7-13H,5-6,14-15H2,1-4H3,(H2,22,23,24);1H. The Labute approximate surface area is 184 Å². The predicted octanol–water partition coefficient (Wildman–Crippen LogP) is 3.98. The Bertz CT molecular complexity index is 753. The van der Waals surface area contributed by atoms with Crippen LogP contribution in [-0.2, 0) is 13.1 Å². The Morgan fingerprint density at radius 1 is 0.929 bits per heavy atom. The van der Waals surface area contributed by atoms with Gasteiger partial charge in [0.15, 0.2) is 17.5 Å². The van der Waals surface area contributed by atoms with E-state index in [1.54, 1.807) is 14.2 Å². The fraction of sp³-hybridized carbons (Fsp3) is 0.381. The first-order chi connectivity index (χ1) is 13.2. The zero-order valence-corrected chi connectivity index (χ0v) is 19.3. The average molecular weight is 499 g/mol. The van der Waals surface area contributed by atoms with E-state index < -0.39 is 0 Å². The van der Waals surface area contributed by atoms with Crippen molar-refractivity contribution in [2.75, 3.05) is 27.4 Å². The zero-order valence-electron chi connectivity index (χ0n) is 17.0. The summed E-state index contributed by atoms with van der Waals surface area (Å²) < 4.78 is 16.4. The van der Waals surface area contributed by atoms with E-state index in [4.69, 9.17) is 14.2 Å². The van der Waals surface area contributed by atoms with Gasteiger partial charge >= 0.3 is 0 Å². The summed E-state index contributed by atoms with van der Waals surface area (Å²) in [6.07, 6.45) is 0. The van der Waals surface area contributed by atoms with Gasteiger partial charge in [-0.3, -0.25) is 0 Å². The first kappa shape index (κ1) is 23.9. The van der Waals surface area contributed by atoms with E-state index in [1.807, 2.05) is 56.3 Å². The number of methoxy groups -OCH3 is 2. The third kappa shape index (κ3) is 7.10. The Morgan fingerprint density at radius 3 is 2.36 bits per heavy atom. The highest BCUT2D eigenvalue weighted by molar-refractivity contribution is 14.0. The number of nitrogens with one attached hydrogen (secondary N) is 2. The maximum Gasteiger partial charge on any atom is 0.191 e. The van der Waals surface area contributed by atoms with Crippen LogP contribution in [-0.4, -0.2) is 33.3 Å². The molecule has 2 aromatic carbocycles. The highest BCUT2D eigenvalue weighted by atomic mass is 127. The van der Waals surface area contributed by atoms with Crippen LogP contribution in [0.25, 0.3) is 0 Å². The average Bonchev–Trinajstić information content (AvgIpc) is 2.70. The van der Waals surface area contributed by atoms with Gasteiger partial charge in [0.25, 0.3) is 0 Å². The van der Waals surface area contributed by atoms with Crippen LogP contribution in [0.15, 0.2) is 47.5 Å². The molecule has 0 spiro atoms. The van der Waals surface area contributed by atoms with E-state index in [2.05, 4.69) is 15.6 Å². The lowest BCUT2D eigenvalue weighted by atomic mass is 10.2. The minimum absolute atomic E-state index is 0. The molecule has 0 aliphatic heterocycles. The number of ether oxygens (including phenoxy) is 3. The lowest BCUT2D eigenvalue weighted by Gasteiger charge is -2.14. The zero-order chi connectivity index (χ0) is 19.5. The highest BCUT2D eigenvalue weighted by Gasteiger charge is 2.06. The third-order valence-corrected chi connectivity index (χ3v) is 3.93. The lowest BCUT2D eigenvalue weighted by molar-refractivity contribution is 0.310. The normalized spacial score (nSPS) is 10.6. The van der Waals surface area contributed by atoms with Crippen molar-refractivity contribution in [3.05, 3.63) is 53.6 Å². The lowest BCUT2D eigenvalue weighted by Crippen LogP contribution is -2.36. The molecule has 0 aliphatic rings. The van der Waals surface area contributed by atoms with Gasteiger partial charge < -0.3 is 24.8 Å². The maximum absolute atomic E-state index is 5.64. The van der Waals surface area contributed by atoms with Crippen molar-refractivity contribution in [3.8, 4) is 17.2 Å². The summed E-state index contributed by atoms with van der Waals surface area (Å²) in [4.78, 5) is 4.67. The van der Waals surface area contributed by atoms with Crippen molar-refractivity contribution in [1.82, 2.24) is 10.6 Å². The van der Waals surface area contributed by atoms with Gasteiger partial charge in [-0.25, -0.2) is 4.99 Å². The molecule has 0 bridgehead atoms. The molecule has 2 aromatic rings.